The van der Waals surface area contributed by atoms with Crippen LogP contribution in [0.15, 0.2) is 23.1 Å². The lowest BCUT2D eigenvalue weighted by Gasteiger charge is -2.35. The maximum Gasteiger partial charge on any atom is 0.312 e. The van der Waals surface area contributed by atoms with Gasteiger partial charge in [0, 0.05) is 45.3 Å². The van der Waals surface area contributed by atoms with Gasteiger partial charge < -0.3 is 9.64 Å². The van der Waals surface area contributed by atoms with Crippen LogP contribution >= 0.6 is 0 Å². The molecule has 1 amide bonds. The van der Waals surface area contributed by atoms with E-state index in [1.807, 2.05) is 9.80 Å². The molecular weight excluding hydrogens is 424 g/mol. The van der Waals surface area contributed by atoms with Gasteiger partial charge >= 0.3 is 5.69 Å². The van der Waals surface area contributed by atoms with Gasteiger partial charge in [-0.1, -0.05) is 19.3 Å². The number of nitro groups is 1. The smallest absolute Gasteiger partial charge is 0.312 e. The van der Waals surface area contributed by atoms with Crippen molar-refractivity contribution in [2.24, 2.45) is 0 Å². The highest BCUT2D eigenvalue weighted by atomic mass is 32.2. The third-order valence-electron chi connectivity index (χ3n) is 5.88. The Balaban J connectivity index is 1.60. The van der Waals surface area contributed by atoms with Crippen molar-refractivity contribution in [3.8, 4) is 5.75 Å². The molecule has 0 saturated carbocycles. The van der Waals surface area contributed by atoms with Crippen LogP contribution in [0.2, 0.25) is 0 Å². The highest BCUT2D eigenvalue weighted by Gasteiger charge is 2.31. The molecule has 0 aliphatic carbocycles. The molecule has 0 spiro atoms. The highest BCUT2D eigenvalue weighted by molar-refractivity contribution is 7.89. The van der Waals surface area contributed by atoms with E-state index >= 15 is 0 Å². The number of methoxy groups -OCH3 is 1. The van der Waals surface area contributed by atoms with Crippen LogP contribution in [0, 0.1) is 10.1 Å². The van der Waals surface area contributed by atoms with Crippen LogP contribution in [0.1, 0.15) is 32.1 Å². The van der Waals surface area contributed by atoms with Gasteiger partial charge in [0.25, 0.3) is 0 Å². The first-order chi connectivity index (χ1) is 14.8. The summed E-state index contributed by atoms with van der Waals surface area (Å²) in [4.78, 5) is 27.0. The second-order valence-electron chi connectivity index (χ2n) is 7.92. The van der Waals surface area contributed by atoms with E-state index in [0.29, 0.717) is 19.6 Å². The lowest BCUT2D eigenvalue weighted by atomic mass is 10.1. The summed E-state index contributed by atoms with van der Waals surface area (Å²) in [5.41, 5.74) is -0.388. The normalized spacial score (nSPS) is 19.5. The first kappa shape index (κ1) is 23.4. The summed E-state index contributed by atoms with van der Waals surface area (Å²) in [5, 5.41) is 11.2. The van der Waals surface area contributed by atoms with Crippen LogP contribution in [-0.4, -0.2) is 86.3 Å². The first-order valence-corrected chi connectivity index (χ1v) is 12.1. The number of amides is 1. The van der Waals surface area contributed by atoms with E-state index in [1.54, 1.807) is 0 Å². The van der Waals surface area contributed by atoms with Gasteiger partial charge in [0.2, 0.25) is 15.9 Å². The van der Waals surface area contributed by atoms with Crippen LogP contribution in [0.3, 0.4) is 0 Å². The maximum absolute atomic E-state index is 13.0. The van der Waals surface area contributed by atoms with Crippen molar-refractivity contribution in [1.82, 2.24) is 14.1 Å². The van der Waals surface area contributed by atoms with Gasteiger partial charge in [-0.25, -0.2) is 8.42 Å². The Bertz CT molecular complexity index is 891. The molecule has 0 bridgehead atoms. The summed E-state index contributed by atoms with van der Waals surface area (Å²) in [7, 11) is -2.58. The number of carbonyl (C=O) groups excluding carboxylic acids is 1. The molecule has 172 valence electrons. The molecule has 3 rings (SSSR count). The van der Waals surface area contributed by atoms with E-state index < -0.39 is 14.9 Å². The average molecular weight is 455 g/mol. The number of benzene rings is 1. The van der Waals surface area contributed by atoms with Crippen molar-refractivity contribution in [3.05, 3.63) is 28.3 Å². The van der Waals surface area contributed by atoms with Crippen molar-refractivity contribution in [2.75, 3.05) is 52.9 Å². The fourth-order valence-corrected chi connectivity index (χ4v) is 5.48. The second kappa shape index (κ2) is 10.4. The van der Waals surface area contributed by atoms with Crippen LogP contribution in [-0.2, 0) is 14.8 Å². The Hall–Kier alpha value is -2.24. The third-order valence-corrected chi connectivity index (χ3v) is 7.78. The van der Waals surface area contributed by atoms with Gasteiger partial charge in [0.15, 0.2) is 5.75 Å². The van der Waals surface area contributed by atoms with Gasteiger partial charge in [-0.05, 0) is 25.0 Å². The maximum atomic E-state index is 13.0. The molecule has 1 aromatic rings. The van der Waals surface area contributed by atoms with Crippen LogP contribution < -0.4 is 4.74 Å². The fourth-order valence-electron chi connectivity index (χ4n) is 4.04. The van der Waals surface area contributed by atoms with Gasteiger partial charge in [-0.3, -0.25) is 19.8 Å². The van der Waals surface area contributed by atoms with Crippen LogP contribution in [0.25, 0.3) is 0 Å². The molecule has 0 unspecified atom stereocenters. The molecule has 2 aliphatic rings. The standard InChI is InChI=1S/C20H30N4O6S/c1-30-19-8-7-17(15-18(19)24(26)27)31(28,29)23-13-11-21(12-14-23)16-20(25)22-9-5-3-2-4-6-10-22/h7-8,15H,2-6,9-14,16H2,1H3. The molecule has 0 radical (unpaired) electrons. The Labute approximate surface area is 182 Å². The van der Waals surface area contributed by atoms with Crippen molar-refractivity contribution in [1.29, 1.82) is 0 Å². The Morgan fingerprint density at radius 2 is 1.65 bits per heavy atom. The summed E-state index contributed by atoms with van der Waals surface area (Å²) in [6, 6.07) is 3.65. The summed E-state index contributed by atoms with van der Waals surface area (Å²) >= 11 is 0. The quantitative estimate of drug-likeness (QED) is 0.475. The molecule has 2 aliphatic heterocycles. The fraction of sp³-hybridized carbons (Fsp3) is 0.650. The molecular formula is C20H30N4O6S. The van der Waals surface area contributed by atoms with Crippen LogP contribution in [0.4, 0.5) is 5.69 Å². The van der Waals surface area contributed by atoms with Crippen molar-refractivity contribution < 1.29 is 22.9 Å². The monoisotopic (exact) mass is 454 g/mol. The molecule has 0 N–H and O–H groups in total. The van der Waals surface area contributed by atoms with Crippen molar-refractivity contribution >= 4 is 21.6 Å². The Morgan fingerprint density at radius 1 is 1.03 bits per heavy atom. The minimum atomic E-state index is -3.87. The van der Waals surface area contributed by atoms with E-state index in [0.717, 1.165) is 44.8 Å². The minimum Gasteiger partial charge on any atom is -0.490 e. The number of hydrogen-bond acceptors (Lipinski definition) is 7. The van der Waals surface area contributed by atoms with Crippen molar-refractivity contribution in [2.45, 2.75) is 37.0 Å². The molecule has 11 heteroatoms. The minimum absolute atomic E-state index is 0.0106. The topological polar surface area (TPSA) is 113 Å². The van der Waals surface area contributed by atoms with E-state index in [2.05, 4.69) is 0 Å². The summed E-state index contributed by atoms with van der Waals surface area (Å²) in [6.07, 6.45) is 5.61. The average Bonchev–Trinajstić information content (AvgIpc) is 2.73. The van der Waals surface area contributed by atoms with E-state index in [1.165, 1.54) is 30.0 Å². The predicted molar refractivity (Wildman–Crippen MR) is 115 cm³/mol. The van der Waals surface area contributed by atoms with Gasteiger partial charge in [-0.15, -0.1) is 0 Å². The highest BCUT2D eigenvalue weighted by Crippen LogP contribution is 2.30. The number of likely N-dealkylation sites (tertiary alicyclic amines) is 1. The number of piperazine rings is 1. The lowest BCUT2D eigenvalue weighted by Crippen LogP contribution is -2.51. The molecule has 31 heavy (non-hydrogen) atoms. The SMILES string of the molecule is COc1ccc(S(=O)(=O)N2CCN(CC(=O)N3CCCCCCC3)CC2)cc1[N+](=O)[O-]. The third kappa shape index (κ3) is 5.72. The number of rotatable bonds is 6. The molecule has 0 aromatic heterocycles. The van der Waals surface area contributed by atoms with Gasteiger partial charge in [-0.2, -0.15) is 4.31 Å². The number of hydrogen-bond donors (Lipinski definition) is 0. The zero-order valence-corrected chi connectivity index (χ0v) is 18.7. The Morgan fingerprint density at radius 3 is 2.23 bits per heavy atom. The lowest BCUT2D eigenvalue weighted by molar-refractivity contribution is -0.386. The summed E-state index contributed by atoms with van der Waals surface area (Å²) in [6.45, 7) is 3.23. The van der Waals surface area contributed by atoms with E-state index in [4.69, 9.17) is 4.74 Å². The molecule has 2 fully saturated rings. The van der Waals surface area contributed by atoms with E-state index in [9.17, 15) is 23.3 Å². The number of sulfonamides is 1. The molecule has 0 atom stereocenters. The molecule has 2 saturated heterocycles. The molecule has 1 aromatic carbocycles. The number of nitro benzene ring substituents is 1. The van der Waals surface area contributed by atoms with Crippen molar-refractivity contribution in [3.63, 3.8) is 0 Å². The number of ether oxygens (including phenoxy) is 1. The molecule has 10 nitrogen and oxygen atoms in total. The summed E-state index contributed by atoms with van der Waals surface area (Å²) < 4.78 is 32.2. The molecule has 2 heterocycles. The zero-order valence-electron chi connectivity index (χ0n) is 17.9. The van der Waals surface area contributed by atoms with Gasteiger partial charge in [0.1, 0.15) is 0 Å². The Kier molecular flexibility index (Phi) is 7.84. The van der Waals surface area contributed by atoms with Gasteiger partial charge in [0.05, 0.1) is 23.5 Å². The first-order valence-electron chi connectivity index (χ1n) is 10.7. The summed E-state index contributed by atoms with van der Waals surface area (Å²) in [5.74, 6) is 0.112. The van der Waals surface area contributed by atoms with E-state index in [-0.39, 0.29) is 35.3 Å². The number of carbonyl (C=O) groups is 1. The largest absolute Gasteiger partial charge is 0.490 e. The zero-order chi connectivity index (χ0) is 22.4. The van der Waals surface area contributed by atoms with Crippen LogP contribution in [0.5, 0.6) is 5.75 Å². The number of nitrogens with zero attached hydrogens (tertiary/aromatic N) is 4. The predicted octanol–water partition coefficient (Wildman–Crippen LogP) is 1.70. The second-order valence-corrected chi connectivity index (χ2v) is 9.86.